The number of benzene rings is 1. The molecule has 0 spiro atoms. The van der Waals surface area contributed by atoms with Gasteiger partial charge in [0.1, 0.15) is 17.5 Å². The number of hydrogen-bond donors (Lipinski definition) is 1. The molecule has 7 nitrogen and oxygen atoms in total. The molecule has 25 heavy (non-hydrogen) atoms. The van der Waals surface area contributed by atoms with Gasteiger partial charge in [-0.3, -0.25) is 9.59 Å². The van der Waals surface area contributed by atoms with Crippen molar-refractivity contribution in [3.8, 4) is 5.69 Å². The summed E-state index contributed by atoms with van der Waals surface area (Å²) in [6.07, 6.45) is 3.15. The van der Waals surface area contributed by atoms with Crippen LogP contribution in [0.3, 0.4) is 0 Å². The first-order valence-electron chi connectivity index (χ1n) is 8.03. The molecule has 1 aliphatic heterocycles. The summed E-state index contributed by atoms with van der Waals surface area (Å²) < 4.78 is 20.8. The van der Waals surface area contributed by atoms with Crippen LogP contribution in [-0.4, -0.2) is 58.8 Å². The summed E-state index contributed by atoms with van der Waals surface area (Å²) in [5, 5.41) is 6.58. The first-order valence-corrected chi connectivity index (χ1v) is 8.03. The number of aromatic nitrogens is 2. The highest BCUT2D eigenvalue weighted by Crippen LogP contribution is 2.14. The van der Waals surface area contributed by atoms with Gasteiger partial charge in [-0.15, -0.1) is 0 Å². The van der Waals surface area contributed by atoms with Crippen molar-refractivity contribution in [2.24, 2.45) is 0 Å². The van der Waals surface area contributed by atoms with Crippen molar-refractivity contribution in [1.29, 1.82) is 0 Å². The topological polar surface area (TPSA) is 76.5 Å². The summed E-state index contributed by atoms with van der Waals surface area (Å²) in [5.41, 5.74) is 0.397. The van der Waals surface area contributed by atoms with Gasteiger partial charge in [0.25, 0.3) is 5.91 Å². The van der Waals surface area contributed by atoms with Gasteiger partial charge in [0.2, 0.25) is 5.91 Å². The monoisotopic (exact) mass is 346 g/mol. The molecule has 1 N–H and O–H groups in total. The van der Waals surface area contributed by atoms with Crippen molar-refractivity contribution >= 4 is 11.8 Å². The van der Waals surface area contributed by atoms with Gasteiger partial charge in [-0.25, -0.2) is 9.07 Å². The Kier molecular flexibility index (Phi) is 5.08. The number of carbonyl (C=O) groups excluding carboxylic acids is 2. The second kappa shape index (κ2) is 7.43. The number of morpholine rings is 1. The summed E-state index contributed by atoms with van der Waals surface area (Å²) in [7, 11) is 0. The molecule has 1 aromatic heterocycles. The summed E-state index contributed by atoms with van der Waals surface area (Å²) in [6.45, 7) is 3.61. The van der Waals surface area contributed by atoms with Crippen LogP contribution >= 0.6 is 0 Å². The summed E-state index contributed by atoms with van der Waals surface area (Å²) in [5.74, 6) is -1.24. The molecule has 8 heteroatoms. The zero-order valence-electron chi connectivity index (χ0n) is 13.8. The molecule has 0 saturated carbocycles. The molecule has 0 radical (unpaired) electrons. The van der Waals surface area contributed by atoms with E-state index in [4.69, 9.17) is 4.74 Å². The molecule has 2 amide bonds. The van der Waals surface area contributed by atoms with Crippen molar-refractivity contribution in [1.82, 2.24) is 20.0 Å². The predicted molar refractivity (Wildman–Crippen MR) is 87.8 cm³/mol. The molecular weight excluding hydrogens is 327 g/mol. The van der Waals surface area contributed by atoms with E-state index in [9.17, 15) is 14.0 Å². The Morgan fingerprint density at radius 3 is 2.72 bits per heavy atom. The Morgan fingerprint density at radius 2 is 2.08 bits per heavy atom. The molecule has 2 heterocycles. The van der Waals surface area contributed by atoms with E-state index < -0.39 is 17.8 Å². The third-order valence-corrected chi connectivity index (χ3v) is 4.00. The second-order valence-corrected chi connectivity index (χ2v) is 5.75. The predicted octanol–water partition coefficient (Wildman–Crippen LogP) is 0.988. The van der Waals surface area contributed by atoms with E-state index in [1.165, 1.54) is 16.8 Å². The van der Waals surface area contributed by atoms with Crippen LogP contribution in [0.5, 0.6) is 0 Å². The number of nitrogens with one attached hydrogen (secondary N) is 1. The molecule has 0 bridgehead atoms. The maximum atomic E-state index is 14.2. The SMILES string of the molecule is C[C@@H](NC(=O)c1ccc(-n2cccn2)c(F)c1)C(=O)N1CCOCC1. The highest BCUT2D eigenvalue weighted by Gasteiger charge is 2.24. The molecule has 1 saturated heterocycles. The smallest absolute Gasteiger partial charge is 0.252 e. The fourth-order valence-corrected chi connectivity index (χ4v) is 2.64. The van der Waals surface area contributed by atoms with Crippen LogP contribution in [0.4, 0.5) is 4.39 Å². The summed E-state index contributed by atoms with van der Waals surface area (Å²) >= 11 is 0. The van der Waals surface area contributed by atoms with E-state index in [1.807, 2.05) is 0 Å². The third-order valence-electron chi connectivity index (χ3n) is 4.00. The Balaban J connectivity index is 1.66. The molecule has 3 rings (SSSR count). The Morgan fingerprint density at radius 1 is 1.32 bits per heavy atom. The number of carbonyl (C=O) groups is 2. The summed E-state index contributed by atoms with van der Waals surface area (Å²) in [4.78, 5) is 26.3. The van der Waals surface area contributed by atoms with E-state index in [0.717, 1.165) is 6.07 Å². The number of ether oxygens (including phenoxy) is 1. The van der Waals surface area contributed by atoms with Gasteiger partial charge in [0.15, 0.2) is 0 Å². The van der Waals surface area contributed by atoms with Gasteiger partial charge in [0.05, 0.1) is 13.2 Å². The molecule has 1 aromatic carbocycles. The van der Waals surface area contributed by atoms with Gasteiger partial charge in [-0.05, 0) is 31.2 Å². The Bertz CT molecular complexity index is 757. The first-order chi connectivity index (χ1) is 12.1. The lowest BCUT2D eigenvalue weighted by atomic mass is 10.1. The van der Waals surface area contributed by atoms with Gasteiger partial charge >= 0.3 is 0 Å². The average Bonchev–Trinajstić information content (AvgIpc) is 3.16. The molecule has 0 aliphatic carbocycles. The molecule has 1 aliphatic rings. The van der Waals surface area contributed by atoms with Crippen molar-refractivity contribution in [2.45, 2.75) is 13.0 Å². The Labute approximate surface area is 144 Å². The molecule has 132 valence electrons. The minimum absolute atomic E-state index is 0.148. The number of rotatable bonds is 4. The van der Waals surface area contributed by atoms with Crippen LogP contribution < -0.4 is 5.32 Å². The maximum Gasteiger partial charge on any atom is 0.252 e. The zero-order chi connectivity index (χ0) is 17.8. The van der Waals surface area contributed by atoms with Crippen LogP contribution in [0.25, 0.3) is 5.69 Å². The van der Waals surface area contributed by atoms with Crippen molar-refractivity contribution < 1.29 is 18.7 Å². The lowest BCUT2D eigenvalue weighted by molar-refractivity contribution is -0.136. The number of nitrogens with zero attached hydrogens (tertiary/aromatic N) is 3. The van der Waals surface area contributed by atoms with Crippen LogP contribution in [0.2, 0.25) is 0 Å². The largest absolute Gasteiger partial charge is 0.378 e. The van der Waals surface area contributed by atoms with Crippen molar-refractivity contribution in [3.05, 3.63) is 48.0 Å². The highest BCUT2D eigenvalue weighted by molar-refractivity contribution is 5.97. The van der Waals surface area contributed by atoms with Crippen LogP contribution in [0.1, 0.15) is 17.3 Å². The zero-order valence-corrected chi connectivity index (χ0v) is 13.8. The lowest BCUT2D eigenvalue weighted by Gasteiger charge is -2.29. The van der Waals surface area contributed by atoms with Crippen LogP contribution in [0, 0.1) is 5.82 Å². The van der Waals surface area contributed by atoms with Crippen molar-refractivity contribution in [3.63, 3.8) is 0 Å². The van der Waals surface area contributed by atoms with E-state index in [1.54, 1.807) is 30.3 Å². The highest BCUT2D eigenvalue weighted by atomic mass is 19.1. The maximum absolute atomic E-state index is 14.2. The normalized spacial score (nSPS) is 15.7. The number of halogens is 1. The molecule has 2 aromatic rings. The molecular formula is C17H19FN4O3. The van der Waals surface area contributed by atoms with Gasteiger partial charge in [0, 0.05) is 31.0 Å². The van der Waals surface area contributed by atoms with E-state index >= 15 is 0 Å². The fraction of sp³-hybridized carbons (Fsp3) is 0.353. The second-order valence-electron chi connectivity index (χ2n) is 5.75. The molecule has 1 atom stereocenters. The lowest BCUT2D eigenvalue weighted by Crippen LogP contribution is -2.50. The van der Waals surface area contributed by atoms with Crippen LogP contribution in [-0.2, 0) is 9.53 Å². The van der Waals surface area contributed by atoms with Gasteiger partial charge < -0.3 is 15.0 Å². The standard InChI is InChI=1S/C17H19FN4O3/c1-12(17(24)21-7-9-25-10-8-21)20-16(23)13-3-4-15(14(18)11-13)22-6-2-5-19-22/h2-6,11-12H,7-10H2,1H3,(H,20,23)/t12-/m1/s1. The fourth-order valence-electron chi connectivity index (χ4n) is 2.64. The van der Waals surface area contributed by atoms with Crippen molar-refractivity contribution in [2.75, 3.05) is 26.3 Å². The van der Waals surface area contributed by atoms with Gasteiger partial charge in [-0.2, -0.15) is 5.10 Å². The first kappa shape index (κ1) is 17.1. The number of hydrogen-bond acceptors (Lipinski definition) is 4. The van der Waals surface area contributed by atoms with E-state index in [2.05, 4.69) is 10.4 Å². The molecule has 0 unspecified atom stereocenters. The van der Waals surface area contributed by atoms with Gasteiger partial charge in [-0.1, -0.05) is 0 Å². The molecule has 1 fully saturated rings. The van der Waals surface area contributed by atoms with E-state index in [-0.39, 0.29) is 17.2 Å². The average molecular weight is 346 g/mol. The Hall–Kier alpha value is -2.74. The third kappa shape index (κ3) is 3.85. The summed E-state index contributed by atoms with van der Waals surface area (Å²) in [6, 6.07) is 5.10. The minimum atomic E-state index is -0.695. The van der Waals surface area contributed by atoms with E-state index in [0.29, 0.717) is 26.3 Å². The number of amides is 2. The quantitative estimate of drug-likeness (QED) is 0.896. The minimum Gasteiger partial charge on any atom is -0.378 e. The van der Waals surface area contributed by atoms with Crippen LogP contribution in [0.15, 0.2) is 36.7 Å².